The Morgan fingerprint density at radius 3 is 1.27 bits per heavy atom. The molecule has 0 aliphatic rings. The molecule has 3 N–H and O–H groups in total. The van der Waals surface area contributed by atoms with Crippen LogP contribution >= 0.6 is 0 Å². The average molecular weight is 844 g/mol. The van der Waals surface area contributed by atoms with Crippen LogP contribution in [0.5, 0.6) is 0 Å². The lowest BCUT2D eigenvalue weighted by atomic mass is 10.0. The zero-order chi connectivity index (χ0) is 43.7. The molecule has 0 radical (unpaired) electrons. The number of amides is 1. The highest BCUT2D eigenvalue weighted by molar-refractivity contribution is 5.76. The zero-order valence-corrected chi connectivity index (χ0v) is 39.9. The number of aliphatic hydroxyl groups is 2. The van der Waals surface area contributed by atoms with Gasteiger partial charge in [0, 0.05) is 12.8 Å². The molecule has 0 saturated carbocycles. The van der Waals surface area contributed by atoms with E-state index < -0.39 is 12.1 Å². The predicted molar refractivity (Wildman–Crippen MR) is 259 cm³/mol. The van der Waals surface area contributed by atoms with Crippen molar-refractivity contribution in [2.24, 2.45) is 0 Å². The molecule has 2 unspecified atom stereocenters. The van der Waals surface area contributed by atoms with Crippen molar-refractivity contribution < 1.29 is 24.5 Å². The molecule has 352 valence electrons. The first-order chi connectivity index (χ1) is 29.5. The number of esters is 1. The summed E-state index contributed by atoms with van der Waals surface area (Å²) in [5.74, 6) is -0.111. The van der Waals surface area contributed by atoms with Gasteiger partial charge in [-0.15, -0.1) is 0 Å². The predicted octanol–water partition coefficient (Wildman–Crippen LogP) is 15.7. The summed E-state index contributed by atoms with van der Waals surface area (Å²) in [5.41, 5.74) is 0. The summed E-state index contributed by atoms with van der Waals surface area (Å²) in [6.45, 7) is 4.77. The molecule has 6 heteroatoms. The Kier molecular flexibility index (Phi) is 48.1. The van der Waals surface area contributed by atoms with Crippen LogP contribution in [0.25, 0.3) is 0 Å². The third kappa shape index (κ3) is 45.6. The number of rotatable bonds is 48. The van der Waals surface area contributed by atoms with Crippen molar-refractivity contribution in [3.8, 4) is 0 Å². The molecule has 60 heavy (non-hydrogen) atoms. The zero-order valence-electron chi connectivity index (χ0n) is 39.9. The Balaban J connectivity index is 3.47. The Labute approximate surface area is 373 Å². The summed E-state index contributed by atoms with van der Waals surface area (Å²) in [7, 11) is 0. The molecule has 0 aliphatic carbocycles. The topological polar surface area (TPSA) is 95.9 Å². The van der Waals surface area contributed by atoms with Gasteiger partial charge in [0.1, 0.15) is 0 Å². The lowest BCUT2D eigenvalue weighted by molar-refractivity contribution is -0.143. The van der Waals surface area contributed by atoms with E-state index in [9.17, 15) is 19.8 Å². The Morgan fingerprint density at radius 1 is 0.467 bits per heavy atom. The molecule has 0 saturated heterocycles. The van der Waals surface area contributed by atoms with Crippen LogP contribution in [0, 0.1) is 0 Å². The number of carbonyl (C=O) groups excluding carboxylic acids is 2. The van der Waals surface area contributed by atoms with E-state index in [2.05, 4.69) is 43.5 Å². The minimum atomic E-state index is -0.846. The Bertz CT molecular complexity index is 977. The van der Waals surface area contributed by atoms with E-state index in [1.807, 2.05) is 6.08 Å². The van der Waals surface area contributed by atoms with Gasteiger partial charge in [-0.05, 0) is 51.4 Å². The Morgan fingerprint density at radius 2 is 0.833 bits per heavy atom. The fourth-order valence-corrected chi connectivity index (χ4v) is 7.88. The van der Waals surface area contributed by atoms with Crippen molar-refractivity contribution in [1.82, 2.24) is 5.32 Å². The number of allylic oxidation sites excluding steroid dienone is 4. The van der Waals surface area contributed by atoms with E-state index in [1.54, 1.807) is 6.08 Å². The molecular weight excluding hydrogens is 743 g/mol. The normalized spacial score (nSPS) is 12.9. The molecule has 0 fully saturated rings. The number of hydrogen-bond donors (Lipinski definition) is 3. The fourth-order valence-electron chi connectivity index (χ4n) is 7.88. The van der Waals surface area contributed by atoms with Crippen LogP contribution in [0.4, 0.5) is 0 Å². The molecule has 2 atom stereocenters. The molecule has 1 amide bonds. The first-order valence-electron chi connectivity index (χ1n) is 26.3. The van der Waals surface area contributed by atoms with Crippen molar-refractivity contribution in [2.75, 3.05) is 13.2 Å². The number of aliphatic hydroxyl groups excluding tert-OH is 2. The molecule has 0 aromatic rings. The maximum Gasteiger partial charge on any atom is 0.305 e. The Hall–Kier alpha value is -1.92. The lowest BCUT2D eigenvalue weighted by Crippen LogP contribution is -2.45. The van der Waals surface area contributed by atoms with Crippen LogP contribution in [0.15, 0.2) is 36.5 Å². The standard InChI is InChI=1S/C54H101NO5/c1-3-5-7-9-11-13-26-30-34-38-42-46-52(57)51(50-56)55-53(58)47-43-39-35-31-28-24-22-20-18-16-15-17-19-21-23-25-29-33-37-41-45-49-60-54(59)48-44-40-36-32-27-14-12-10-8-6-4-2/h25,29,37,41-42,46,51-52,56-57H,3-24,26-28,30-36,38-40,43-45,47-50H2,1-2H3,(H,55,58)/b29-25-,41-37-,46-42+. The van der Waals surface area contributed by atoms with Gasteiger partial charge in [0.05, 0.1) is 25.4 Å². The maximum atomic E-state index is 12.4. The number of nitrogens with one attached hydrogen (secondary N) is 1. The van der Waals surface area contributed by atoms with Crippen molar-refractivity contribution >= 4 is 11.9 Å². The number of unbranched alkanes of at least 4 members (excludes halogenated alkanes) is 33. The van der Waals surface area contributed by atoms with Gasteiger partial charge in [-0.1, -0.05) is 243 Å². The summed E-state index contributed by atoms with van der Waals surface area (Å²) in [6.07, 6.45) is 60.3. The van der Waals surface area contributed by atoms with E-state index in [0.717, 1.165) is 51.4 Å². The molecular formula is C54H101NO5. The largest absolute Gasteiger partial charge is 0.465 e. The van der Waals surface area contributed by atoms with E-state index in [4.69, 9.17) is 4.74 Å². The molecule has 0 aromatic carbocycles. The van der Waals surface area contributed by atoms with Crippen LogP contribution in [0.2, 0.25) is 0 Å². The van der Waals surface area contributed by atoms with Crippen molar-refractivity contribution in [3.05, 3.63) is 36.5 Å². The van der Waals surface area contributed by atoms with Crippen LogP contribution in [-0.2, 0) is 14.3 Å². The smallest absolute Gasteiger partial charge is 0.305 e. The highest BCUT2D eigenvalue weighted by Crippen LogP contribution is 2.16. The lowest BCUT2D eigenvalue weighted by Gasteiger charge is -2.20. The molecule has 0 heterocycles. The van der Waals surface area contributed by atoms with Gasteiger partial charge >= 0.3 is 5.97 Å². The first-order valence-corrected chi connectivity index (χ1v) is 26.3. The highest BCUT2D eigenvalue weighted by atomic mass is 16.5. The minimum absolute atomic E-state index is 0.0368. The summed E-state index contributed by atoms with van der Waals surface area (Å²) >= 11 is 0. The second kappa shape index (κ2) is 49.7. The van der Waals surface area contributed by atoms with Gasteiger partial charge in [-0.3, -0.25) is 9.59 Å². The summed E-state index contributed by atoms with van der Waals surface area (Å²) in [5, 5.41) is 23.0. The SMILES string of the molecule is CCCCCCCCCCC/C=C/C(O)C(CO)NC(=O)CCCCCCCCCCCCCCCC/C=C\C/C=C\CCOC(=O)CCCCCCCCCCCCC. The summed E-state index contributed by atoms with van der Waals surface area (Å²) in [6, 6.07) is -0.630. The van der Waals surface area contributed by atoms with E-state index in [1.165, 1.54) is 193 Å². The molecule has 0 spiro atoms. The van der Waals surface area contributed by atoms with Gasteiger partial charge in [0.25, 0.3) is 0 Å². The summed E-state index contributed by atoms with van der Waals surface area (Å²) in [4.78, 5) is 24.3. The van der Waals surface area contributed by atoms with Gasteiger partial charge in [-0.25, -0.2) is 0 Å². The molecule has 0 aliphatic heterocycles. The van der Waals surface area contributed by atoms with Gasteiger partial charge in [0.15, 0.2) is 0 Å². The second-order valence-corrected chi connectivity index (χ2v) is 17.9. The third-order valence-corrected chi connectivity index (χ3v) is 11.9. The number of hydrogen-bond acceptors (Lipinski definition) is 5. The maximum absolute atomic E-state index is 12.4. The van der Waals surface area contributed by atoms with Crippen LogP contribution < -0.4 is 5.32 Å². The first kappa shape index (κ1) is 58.1. The van der Waals surface area contributed by atoms with E-state index >= 15 is 0 Å². The van der Waals surface area contributed by atoms with Crippen LogP contribution in [0.1, 0.15) is 271 Å². The monoisotopic (exact) mass is 844 g/mol. The van der Waals surface area contributed by atoms with Gasteiger partial charge in [0.2, 0.25) is 5.91 Å². The minimum Gasteiger partial charge on any atom is -0.465 e. The number of ether oxygens (including phenoxy) is 1. The van der Waals surface area contributed by atoms with Crippen molar-refractivity contribution in [2.45, 2.75) is 283 Å². The van der Waals surface area contributed by atoms with Gasteiger partial charge < -0.3 is 20.3 Å². The average Bonchev–Trinajstić information content (AvgIpc) is 3.25. The molecule has 0 rings (SSSR count). The second-order valence-electron chi connectivity index (χ2n) is 17.9. The number of carbonyl (C=O) groups is 2. The quantitative estimate of drug-likeness (QED) is 0.0322. The van der Waals surface area contributed by atoms with E-state index in [0.29, 0.717) is 19.4 Å². The van der Waals surface area contributed by atoms with Crippen molar-refractivity contribution in [1.29, 1.82) is 0 Å². The van der Waals surface area contributed by atoms with E-state index in [-0.39, 0.29) is 18.5 Å². The van der Waals surface area contributed by atoms with Crippen LogP contribution in [0.3, 0.4) is 0 Å². The molecule has 0 aromatic heterocycles. The highest BCUT2D eigenvalue weighted by Gasteiger charge is 2.18. The third-order valence-electron chi connectivity index (χ3n) is 11.9. The summed E-state index contributed by atoms with van der Waals surface area (Å²) < 4.78 is 5.39. The van der Waals surface area contributed by atoms with Gasteiger partial charge in [-0.2, -0.15) is 0 Å². The van der Waals surface area contributed by atoms with Crippen molar-refractivity contribution in [3.63, 3.8) is 0 Å². The van der Waals surface area contributed by atoms with Crippen LogP contribution in [-0.4, -0.2) is 47.4 Å². The molecule has 0 bridgehead atoms. The fraction of sp³-hybridized carbons (Fsp3) is 0.852. The molecule has 6 nitrogen and oxygen atoms in total.